The molecule has 0 aliphatic carbocycles. The van der Waals surface area contributed by atoms with Gasteiger partial charge in [-0.1, -0.05) is 30.3 Å². The standard InChI is InChI=1S/C13H17ClN2O/c1-10(8-11(2)17-4)6-5-7-16-9-15-12(3)13(16)14/h5-6,8-9H,2,7H2,1,3-4H3. The van der Waals surface area contributed by atoms with Crippen molar-refractivity contribution in [3.05, 3.63) is 53.3 Å². The van der Waals surface area contributed by atoms with E-state index in [2.05, 4.69) is 11.6 Å². The number of methoxy groups -OCH3 is 1. The summed E-state index contributed by atoms with van der Waals surface area (Å²) in [6.07, 6.45) is 7.62. The zero-order chi connectivity index (χ0) is 12.8. The predicted octanol–water partition coefficient (Wildman–Crippen LogP) is 3.51. The molecular formula is C13H17ClN2O. The Hall–Kier alpha value is -1.48. The Morgan fingerprint density at radius 1 is 1.65 bits per heavy atom. The van der Waals surface area contributed by atoms with Crippen molar-refractivity contribution < 1.29 is 4.74 Å². The molecule has 0 saturated carbocycles. The fourth-order valence-corrected chi connectivity index (χ4v) is 1.47. The van der Waals surface area contributed by atoms with E-state index in [0.29, 0.717) is 17.5 Å². The molecule has 0 aliphatic rings. The first-order valence-corrected chi connectivity index (χ1v) is 5.67. The summed E-state index contributed by atoms with van der Waals surface area (Å²) in [7, 11) is 1.60. The summed E-state index contributed by atoms with van der Waals surface area (Å²) in [5.41, 5.74) is 1.92. The van der Waals surface area contributed by atoms with E-state index >= 15 is 0 Å². The summed E-state index contributed by atoms with van der Waals surface area (Å²) in [6.45, 7) is 8.30. The molecule has 17 heavy (non-hydrogen) atoms. The first-order valence-electron chi connectivity index (χ1n) is 5.29. The molecule has 1 rings (SSSR count). The van der Waals surface area contributed by atoms with Crippen LogP contribution in [0.3, 0.4) is 0 Å². The molecule has 0 atom stereocenters. The van der Waals surface area contributed by atoms with Crippen LogP contribution in [0.15, 0.2) is 42.5 Å². The van der Waals surface area contributed by atoms with Crippen LogP contribution in [-0.2, 0) is 11.3 Å². The van der Waals surface area contributed by atoms with E-state index < -0.39 is 0 Å². The maximum Gasteiger partial charge on any atom is 0.131 e. The maximum atomic E-state index is 6.05. The monoisotopic (exact) mass is 252 g/mol. The van der Waals surface area contributed by atoms with E-state index in [1.165, 1.54) is 0 Å². The highest BCUT2D eigenvalue weighted by Crippen LogP contribution is 2.13. The Morgan fingerprint density at radius 2 is 2.35 bits per heavy atom. The molecule has 1 heterocycles. The molecule has 0 radical (unpaired) electrons. The van der Waals surface area contributed by atoms with Crippen molar-refractivity contribution in [2.75, 3.05) is 7.11 Å². The highest BCUT2D eigenvalue weighted by atomic mass is 35.5. The molecule has 0 aliphatic heterocycles. The molecule has 0 amide bonds. The summed E-state index contributed by atoms with van der Waals surface area (Å²) < 4.78 is 6.85. The minimum absolute atomic E-state index is 0.642. The lowest BCUT2D eigenvalue weighted by Gasteiger charge is -2.00. The highest BCUT2D eigenvalue weighted by molar-refractivity contribution is 6.30. The van der Waals surface area contributed by atoms with Gasteiger partial charge in [-0.3, -0.25) is 0 Å². The molecule has 3 nitrogen and oxygen atoms in total. The topological polar surface area (TPSA) is 27.1 Å². The van der Waals surface area contributed by atoms with Gasteiger partial charge in [0.25, 0.3) is 0 Å². The quantitative estimate of drug-likeness (QED) is 0.592. The summed E-state index contributed by atoms with van der Waals surface area (Å²) >= 11 is 6.05. The Labute approximate surface area is 107 Å². The molecule has 0 aromatic carbocycles. The zero-order valence-corrected chi connectivity index (χ0v) is 11.2. The summed E-state index contributed by atoms with van der Waals surface area (Å²) in [5, 5.41) is 0.678. The maximum absolute atomic E-state index is 6.05. The third-order valence-electron chi connectivity index (χ3n) is 2.28. The number of halogens is 1. The lowest BCUT2D eigenvalue weighted by molar-refractivity contribution is 0.308. The van der Waals surface area contributed by atoms with Gasteiger partial charge in [0.1, 0.15) is 10.9 Å². The third kappa shape index (κ3) is 4.11. The van der Waals surface area contributed by atoms with Crippen molar-refractivity contribution >= 4 is 11.6 Å². The smallest absolute Gasteiger partial charge is 0.131 e. The molecule has 1 aromatic rings. The van der Waals surface area contributed by atoms with Gasteiger partial charge in [-0.2, -0.15) is 0 Å². The number of ether oxygens (including phenoxy) is 1. The van der Waals surface area contributed by atoms with Crippen LogP contribution >= 0.6 is 11.6 Å². The zero-order valence-electron chi connectivity index (χ0n) is 10.4. The summed E-state index contributed by atoms with van der Waals surface area (Å²) in [5.74, 6) is 0.642. The van der Waals surface area contributed by atoms with Crippen LogP contribution in [0.1, 0.15) is 12.6 Å². The van der Waals surface area contributed by atoms with E-state index in [0.717, 1.165) is 11.3 Å². The molecule has 0 spiro atoms. The van der Waals surface area contributed by atoms with Gasteiger partial charge < -0.3 is 9.30 Å². The van der Waals surface area contributed by atoms with Crippen molar-refractivity contribution in [3.8, 4) is 0 Å². The van der Waals surface area contributed by atoms with Crippen LogP contribution in [0.25, 0.3) is 0 Å². The van der Waals surface area contributed by atoms with Gasteiger partial charge in [-0.05, 0) is 25.5 Å². The second-order valence-corrected chi connectivity index (χ2v) is 4.09. The van der Waals surface area contributed by atoms with Crippen LogP contribution in [0.4, 0.5) is 0 Å². The molecule has 0 fully saturated rings. The van der Waals surface area contributed by atoms with E-state index in [9.17, 15) is 0 Å². The second kappa shape index (κ2) is 6.30. The molecular weight excluding hydrogens is 236 g/mol. The molecule has 0 unspecified atom stereocenters. The van der Waals surface area contributed by atoms with Crippen molar-refractivity contribution in [2.24, 2.45) is 0 Å². The molecule has 0 saturated heterocycles. The van der Waals surface area contributed by atoms with E-state index in [4.69, 9.17) is 16.3 Å². The van der Waals surface area contributed by atoms with Gasteiger partial charge in [-0.15, -0.1) is 0 Å². The lowest BCUT2D eigenvalue weighted by atomic mass is 10.2. The summed E-state index contributed by atoms with van der Waals surface area (Å²) in [4.78, 5) is 4.12. The number of nitrogens with zero attached hydrogens (tertiary/aromatic N) is 2. The van der Waals surface area contributed by atoms with Crippen LogP contribution in [-0.4, -0.2) is 16.7 Å². The lowest BCUT2D eigenvalue weighted by Crippen LogP contribution is -1.92. The minimum atomic E-state index is 0.642. The van der Waals surface area contributed by atoms with Crippen molar-refractivity contribution in [3.63, 3.8) is 0 Å². The van der Waals surface area contributed by atoms with E-state index in [-0.39, 0.29) is 0 Å². The molecule has 4 heteroatoms. The number of aryl methyl sites for hydroxylation is 1. The van der Waals surface area contributed by atoms with Gasteiger partial charge in [0.15, 0.2) is 0 Å². The largest absolute Gasteiger partial charge is 0.497 e. The Kier molecular flexibility index (Phi) is 5.04. The van der Waals surface area contributed by atoms with Crippen LogP contribution in [0.5, 0.6) is 0 Å². The average molecular weight is 253 g/mol. The van der Waals surface area contributed by atoms with E-state index in [1.807, 2.05) is 36.6 Å². The van der Waals surface area contributed by atoms with Crippen LogP contribution in [0.2, 0.25) is 5.15 Å². The number of rotatable bonds is 5. The predicted molar refractivity (Wildman–Crippen MR) is 71.0 cm³/mol. The number of imidazole rings is 1. The number of hydrogen-bond acceptors (Lipinski definition) is 2. The fraction of sp³-hybridized carbons (Fsp3) is 0.308. The number of aromatic nitrogens is 2. The first-order chi connectivity index (χ1) is 8.04. The Bertz CT molecular complexity index is 458. The van der Waals surface area contributed by atoms with Crippen molar-refractivity contribution in [1.82, 2.24) is 9.55 Å². The molecule has 0 N–H and O–H groups in total. The second-order valence-electron chi connectivity index (χ2n) is 3.73. The number of hydrogen-bond donors (Lipinski definition) is 0. The van der Waals surface area contributed by atoms with Gasteiger partial charge in [0.05, 0.1) is 19.1 Å². The summed E-state index contributed by atoms with van der Waals surface area (Å²) in [6, 6.07) is 0. The van der Waals surface area contributed by atoms with Crippen molar-refractivity contribution in [2.45, 2.75) is 20.4 Å². The highest BCUT2D eigenvalue weighted by Gasteiger charge is 2.01. The van der Waals surface area contributed by atoms with Gasteiger partial charge in [0, 0.05) is 6.54 Å². The van der Waals surface area contributed by atoms with Gasteiger partial charge in [0.2, 0.25) is 0 Å². The first kappa shape index (κ1) is 13.6. The normalized spacial score (nSPS) is 12.1. The van der Waals surface area contributed by atoms with Crippen LogP contribution < -0.4 is 0 Å². The molecule has 1 aromatic heterocycles. The number of allylic oxidation sites excluding steroid dienone is 4. The van der Waals surface area contributed by atoms with Crippen molar-refractivity contribution in [1.29, 1.82) is 0 Å². The fourth-order valence-electron chi connectivity index (χ4n) is 1.31. The van der Waals surface area contributed by atoms with Gasteiger partial charge >= 0.3 is 0 Å². The minimum Gasteiger partial charge on any atom is -0.497 e. The molecule has 0 bridgehead atoms. The van der Waals surface area contributed by atoms with Gasteiger partial charge in [-0.25, -0.2) is 4.98 Å². The SMILES string of the molecule is C=C(C=C(C)C=CCn1cnc(C)c1Cl)OC. The third-order valence-corrected chi connectivity index (χ3v) is 2.77. The molecule has 92 valence electrons. The van der Waals surface area contributed by atoms with E-state index in [1.54, 1.807) is 13.4 Å². The van der Waals surface area contributed by atoms with Crippen LogP contribution in [0, 0.1) is 6.92 Å². The Morgan fingerprint density at radius 3 is 2.88 bits per heavy atom. The average Bonchev–Trinajstić information content (AvgIpc) is 2.60. The Balaban J connectivity index is 2.59.